The molecule has 0 bridgehead atoms. The largest absolute Gasteiger partial charge is 0.455 e. The van der Waals surface area contributed by atoms with E-state index in [9.17, 15) is 14.4 Å². The number of carbonyl (C=O) groups is 3. The van der Waals surface area contributed by atoms with Gasteiger partial charge in [-0.1, -0.05) is 57.3 Å². The molecule has 0 saturated carbocycles. The number of hydrogen-bond acceptors (Lipinski definition) is 8. The van der Waals surface area contributed by atoms with Crippen molar-refractivity contribution in [2.24, 2.45) is 0 Å². The highest BCUT2D eigenvalue weighted by atomic mass is 127. The Morgan fingerprint density at radius 3 is 1.60 bits per heavy atom. The topological polar surface area (TPSA) is 78.9 Å². The van der Waals surface area contributed by atoms with Crippen molar-refractivity contribution in [3.05, 3.63) is 25.3 Å². The van der Waals surface area contributed by atoms with Gasteiger partial charge in [-0.05, 0) is 23.5 Å². The van der Waals surface area contributed by atoms with Gasteiger partial charge in [0.2, 0.25) is 0 Å². The molecule has 0 aliphatic heterocycles. The summed E-state index contributed by atoms with van der Waals surface area (Å²) >= 11 is 5.96. The minimum absolute atomic E-state index is 0.376. The van der Waals surface area contributed by atoms with Crippen molar-refractivity contribution in [3.8, 4) is 0 Å². The van der Waals surface area contributed by atoms with Crippen molar-refractivity contribution < 1.29 is 28.6 Å². The van der Waals surface area contributed by atoms with Gasteiger partial charge in [-0.2, -0.15) is 0 Å². The molecular weight excluding hydrogens is 594 g/mol. The molecule has 0 aromatic heterocycles. The van der Waals surface area contributed by atoms with Gasteiger partial charge < -0.3 is 14.2 Å². The van der Waals surface area contributed by atoms with Gasteiger partial charge >= 0.3 is 16.6 Å². The zero-order chi connectivity index (χ0) is 19.2. The summed E-state index contributed by atoms with van der Waals surface area (Å²) in [6.07, 6.45) is 0.826. The number of alkyl halides is 2. The SMILES string of the molecule is C=CCSC(=O)O[C@@H](CI)C(OC(C)=O)[C@@H](CI)OC(=O)SCC=C. The minimum atomic E-state index is -0.882. The maximum Gasteiger partial charge on any atom is 0.368 e. The maximum absolute atomic E-state index is 11.9. The molecule has 0 spiro atoms. The molecule has 0 amide bonds. The van der Waals surface area contributed by atoms with E-state index in [1.165, 1.54) is 6.92 Å². The summed E-state index contributed by atoms with van der Waals surface area (Å²) in [4.78, 5) is 35.2. The van der Waals surface area contributed by atoms with E-state index in [0.717, 1.165) is 23.5 Å². The molecule has 0 saturated heterocycles. The normalized spacial score (nSPS) is 13.9. The molecule has 0 fully saturated rings. The molecule has 10 heteroatoms. The molecule has 0 radical (unpaired) electrons. The molecule has 3 atom stereocenters. The van der Waals surface area contributed by atoms with E-state index in [2.05, 4.69) is 13.2 Å². The first-order valence-electron chi connectivity index (χ1n) is 7.07. The third-order valence-electron chi connectivity index (χ3n) is 2.47. The summed E-state index contributed by atoms with van der Waals surface area (Å²) in [6.45, 7) is 8.33. The molecule has 25 heavy (non-hydrogen) atoms. The first-order valence-corrected chi connectivity index (χ1v) is 12.1. The summed E-state index contributed by atoms with van der Waals surface area (Å²) < 4.78 is 16.8. The lowest BCUT2D eigenvalue weighted by molar-refractivity contribution is -0.158. The van der Waals surface area contributed by atoms with Gasteiger partial charge in [-0.3, -0.25) is 4.79 Å². The van der Waals surface area contributed by atoms with Gasteiger partial charge in [0.25, 0.3) is 0 Å². The quantitative estimate of drug-likeness (QED) is 0.110. The fraction of sp³-hybridized carbons (Fsp3) is 0.533. The lowest BCUT2D eigenvalue weighted by Crippen LogP contribution is -2.46. The average molecular weight is 614 g/mol. The van der Waals surface area contributed by atoms with Crippen molar-refractivity contribution in [1.29, 1.82) is 0 Å². The van der Waals surface area contributed by atoms with Crippen LogP contribution in [-0.4, -0.2) is 55.2 Å². The van der Waals surface area contributed by atoms with E-state index in [-0.39, 0.29) is 0 Å². The second-order valence-electron chi connectivity index (χ2n) is 4.39. The Bertz CT molecular complexity index is 441. The van der Waals surface area contributed by atoms with Crippen molar-refractivity contribution in [1.82, 2.24) is 0 Å². The third kappa shape index (κ3) is 11.4. The van der Waals surface area contributed by atoms with Crippen molar-refractivity contribution in [3.63, 3.8) is 0 Å². The molecule has 0 aliphatic carbocycles. The van der Waals surface area contributed by atoms with Crippen molar-refractivity contribution in [2.45, 2.75) is 25.2 Å². The van der Waals surface area contributed by atoms with Crippen LogP contribution in [0.1, 0.15) is 6.92 Å². The zero-order valence-electron chi connectivity index (χ0n) is 13.7. The average Bonchev–Trinajstić information content (AvgIpc) is 2.58. The van der Waals surface area contributed by atoms with Crippen LogP contribution in [0.5, 0.6) is 0 Å². The van der Waals surface area contributed by atoms with Crippen LogP contribution >= 0.6 is 68.7 Å². The predicted octanol–water partition coefficient (Wildman–Crippen LogP) is 4.64. The van der Waals surface area contributed by atoms with Crippen LogP contribution in [0.25, 0.3) is 0 Å². The van der Waals surface area contributed by atoms with Gasteiger partial charge in [-0.25, -0.2) is 9.59 Å². The van der Waals surface area contributed by atoms with Crippen LogP contribution in [0.4, 0.5) is 9.59 Å². The number of carbonyl (C=O) groups excluding carboxylic acids is 3. The van der Waals surface area contributed by atoms with E-state index in [1.54, 1.807) is 12.2 Å². The van der Waals surface area contributed by atoms with Crippen LogP contribution < -0.4 is 0 Å². The lowest BCUT2D eigenvalue weighted by atomic mass is 10.1. The highest BCUT2D eigenvalue weighted by molar-refractivity contribution is 14.1. The van der Waals surface area contributed by atoms with Crippen LogP contribution in [0.15, 0.2) is 25.3 Å². The summed E-state index contributed by atoms with van der Waals surface area (Å²) in [5.41, 5.74) is 0. The second-order valence-corrected chi connectivity index (χ2v) is 8.07. The molecule has 142 valence electrons. The van der Waals surface area contributed by atoms with Gasteiger partial charge in [0.05, 0.1) is 0 Å². The second kappa shape index (κ2) is 15.1. The molecule has 0 aliphatic rings. The summed E-state index contributed by atoms with van der Waals surface area (Å²) in [7, 11) is 0. The van der Waals surface area contributed by atoms with E-state index in [0.29, 0.717) is 20.4 Å². The summed E-state index contributed by atoms with van der Waals surface area (Å²) in [5.74, 6) is 0.279. The van der Waals surface area contributed by atoms with Gasteiger partial charge in [0.1, 0.15) is 0 Å². The highest BCUT2D eigenvalue weighted by Crippen LogP contribution is 2.22. The van der Waals surface area contributed by atoms with E-state index < -0.39 is 34.9 Å². The Morgan fingerprint density at radius 1 is 0.920 bits per heavy atom. The number of ether oxygens (including phenoxy) is 3. The predicted molar refractivity (Wildman–Crippen MR) is 119 cm³/mol. The Hall–Kier alpha value is 0.0500. The Balaban J connectivity index is 5.13. The molecule has 0 heterocycles. The van der Waals surface area contributed by atoms with Gasteiger partial charge in [0, 0.05) is 27.3 Å². The summed E-state index contributed by atoms with van der Waals surface area (Å²) in [5, 5.41) is -1.00. The number of esters is 1. The molecule has 1 unspecified atom stereocenters. The van der Waals surface area contributed by atoms with Crippen LogP contribution in [-0.2, 0) is 19.0 Å². The number of thioether (sulfide) groups is 2. The van der Waals surface area contributed by atoms with Crippen LogP contribution in [0.2, 0.25) is 0 Å². The molecule has 0 aromatic carbocycles. The number of hydrogen-bond donors (Lipinski definition) is 0. The Morgan fingerprint density at radius 2 is 1.32 bits per heavy atom. The first kappa shape index (κ1) is 25.1. The Labute approximate surface area is 183 Å². The fourth-order valence-electron chi connectivity index (χ4n) is 1.52. The van der Waals surface area contributed by atoms with E-state index in [4.69, 9.17) is 14.2 Å². The Kier molecular flexibility index (Phi) is 15.2. The van der Waals surface area contributed by atoms with Crippen LogP contribution in [0, 0.1) is 0 Å². The van der Waals surface area contributed by atoms with E-state index >= 15 is 0 Å². The van der Waals surface area contributed by atoms with Crippen LogP contribution in [0.3, 0.4) is 0 Å². The smallest absolute Gasteiger partial charge is 0.368 e. The third-order valence-corrected chi connectivity index (χ3v) is 5.68. The van der Waals surface area contributed by atoms with Crippen molar-refractivity contribution >= 4 is 85.3 Å². The maximum atomic E-state index is 11.9. The molecule has 0 aromatic rings. The van der Waals surface area contributed by atoms with Crippen molar-refractivity contribution in [2.75, 3.05) is 20.4 Å². The number of rotatable bonds is 11. The summed E-state index contributed by atoms with van der Waals surface area (Å²) in [6, 6.07) is 0. The number of halogens is 2. The molecule has 0 rings (SSSR count). The fourth-order valence-corrected chi connectivity index (χ4v) is 3.78. The van der Waals surface area contributed by atoms with Gasteiger partial charge in [-0.15, -0.1) is 13.2 Å². The standard InChI is InChI=1S/C15H20I2O6S2/c1-4-6-24-14(19)22-11(8-16)13(21-10(3)18)12(9-17)23-15(20)25-7-5-2/h4-5,11-13H,1-2,6-9H2,3H3/t11-,12+,13?. The molecule has 0 N–H and O–H groups in total. The lowest BCUT2D eigenvalue weighted by Gasteiger charge is -2.30. The molecular formula is C15H20I2O6S2. The zero-order valence-corrected chi connectivity index (χ0v) is 19.6. The highest BCUT2D eigenvalue weighted by Gasteiger charge is 2.36. The van der Waals surface area contributed by atoms with E-state index in [1.807, 2.05) is 45.2 Å². The van der Waals surface area contributed by atoms with Gasteiger partial charge in [0.15, 0.2) is 18.3 Å². The monoisotopic (exact) mass is 614 g/mol. The molecule has 6 nitrogen and oxygen atoms in total. The first-order chi connectivity index (χ1) is 11.9. The minimum Gasteiger partial charge on any atom is -0.455 e.